The lowest BCUT2D eigenvalue weighted by molar-refractivity contribution is 0.0912. The average molecular weight is 373 g/mol. The minimum atomic E-state index is 0.0908. The van der Waals surface area contributed by atoms with Crippen molar-refractivity contribution in [3.8, 4) is 0 Å². The highest BCUT2D eigenvalue weighted by Crippen LogP contribution is 2.45. The molecule has 4 aliphatic rings. The average Bonchev–Trinajstić information content (AvgIpc) is 3.08. The molecule has 2 aliphatic heterocycles. The molecule has 0 bridgehead atoms. The van der Waals surface area contributed by atoms with Crippen molar-refractivity contribution in [1.29, 1.82) is 0 Å². The highest BCUT2D eigenvalue weighted by Gasteiger charge is 2.45. The molecule has 1 aromatic heterocycles. The fourth-order valence-corrected chi connectivity index (χ4v) is 5.81. The van der Waals surface area contributed by atoms with Crippen LogP contribution in [-0.2, 0) is 16.6 Å². The molecule has 148 valence electrons. The van der Waals surface area contributed by atoms with Gasteiger partial charge in [-0.1, -0.05) is 19.3 Å². The summed E-state index contributed by atoms with van der Waals surface area (Å²) in [5, 5.41) is 0. The van der Waals surface area contributed by atoms with E-state index >= 15 is 0 Å². The van der Waals surface area contributed by atoms with Gasteiger partial charge in [0.2, 0.25) is 5.95 Å². The van der Waals surface area contributed by atoms with Gasteiger partial charge >= 0.3 is 0 Å². The predicted molar refractivity (Wildman–Crippen MR) is 106 cm³/mol. The van der Waals surface area contributed by atoms with Crippen molar-refractivity contribution in [1.82, 2.24) is 14.9 Å². The molecule has 0 amide bonds. The summed E-state index contributed by atoms with van der Waals surface area (Å²) in [7, 11) is 0. The van der Waals surface area contributed by atoms with Crippen LogP contribution in [0.2, 0.25) is 0 Å². The number of hydrogen-bond donors (Lipinski definition) is 1. The van der Waals surface area contributed by atoms with Gasteiger partial charge in [0.25, 0.3) is 5.56 Å². The van der Waals surface area contributed by atoms with Gasteiger partial charge < -0.3 is 14.5 Å². The minimum Gasteiger partial charge on any atom is -0.378 e. The first-order valence-electron chi connectivity index (χ1n) is 11.0. The smallest absolute Gasteiger partial charge is 0.255 e. The zero-order chi connectivity index (χ0) is 18.3. The third-order valence-corrected chi connectivity index (χ3v) is 7.52. The van der Waals surface area contributed by atoms with Gasteiger partial charge in [-0.15, -0.1) is 0 Å². The van der Waals surface area contributed by atoms with Crippen LogP contribution in [-0.4, -0.2) is 60.3 Å². The number of H-pyrrole nitrogens is 1. The van der Waals surface area contributed by atoms with Gasteiger partial charge in [0, 0.05) is 30.1 Å². The maximum atomic E-state index is 12.7. The molecule has 6 nitrogen and oxygen atoms in total. The summed E-state index contributed by atoms with van der Waals surface area (Å²) in [6, 6.07) is 0.799. The number of nitrogens with zero attached hydrogens (tertiary/aromatic N) is 3. The van der Waals surface area contributed by atoms with Crippen LogP contribution in [0.15, 0.2) is 4.79 Å². The summed E-state index contributed by atoms with van der Waals surface area (Å²) >= 11 is 0. The monoisotopic (exact) mass is 372 g/mol. The number of aromatic amines is 1. The van der Waals surface area contributed by atoms with Crippen LogP contribution < -0.4 is 10.5 Å². The molecule has 0 aromatic carbocycles. The lowest BCUT2D eigenvalue weighted by atomic mass is 9.75. The molecule has 0 atom stereocenters. The zero-order valence-electron chi connectivity index (χ0n) is 16.3. The summed E-state index contributed by atoms with van der Waals surface area (Å²) < 4.78 is 5.46. The third-order valence-electron chi connectivity index (χ3n) is 7.52. The van der Waals surface area contributed by atoms with E-state index in [9.17, 15) is 4.79 Å². The molecule has 5 rings (SSSR count). The van der Waals surface area contributed by atoms with Crippen molar-refractivity contribution in [2.24, 2.45) is 0 Å². The van der Waals surface area contributed by atoms with Crippen LogP contribution in [0.1, 0.15) is 62.6 Å². The number of hydrogen-bond acceptors (Lipinski definition) is 5. The lowest BCUT2D eigenvalue weighted by Gasteiger charge is -2.44. The fourth-order valence-electron chi connectivity index (χ4n) is 5.81. The Hall–Kier alpha value is -1.40. The quantitative estimate of drug-likeness (QED) is 0.863. The van der Waals surface area contributed by atoms with Gasteiger partial charge in [-0.25, -0.2) is 4.98 Å². The van der Waals surface area contributed by atoms with Crippen molar-refractivity contribution in [3.05, 3.63) is 21.6 Å². The summed E-state index contributed by atoms with van der Waals surface area (Å²) in [6.45, 7) is 5.38. The first kappa shape index (κ1) is 17.7. The molecule has 6 heteroatoms. The molecule has 1 N–H and O–H groups in total. The van der Waals surface area contributed by atoms with Crippen molar-refractivity contribution >= 4 is 5.95 Å². The Labute approximate surface area is 161 Å². The number of fused-ring (bicyclic) bond motifs is 2. The number of likely N-dealkylation sites (tertiary alicyclic amines) is 1. The number of aromatic nitrogens is 2. The Kier molecular flexibility index (Phi) is 4.72. The number of ether oxygens (including phenoxy) is 1. The Morgan fingerprint density at radius 2 is 1.74 bits per heavy atom. The van der Waals surface area contributed by atoms with E-state index in [-0.39, 0.29) is 11.0 Å². The Morgan fingerprint density at radius 1 is 1.00 bits per heavy atom. The van der Waals surface area contributed by atoms with Crippen LogP contribution >= 0.6 is 0 Å². The van der Waals surface area contributed by atoms with Gasteiger partial charge in [0.1, 0.15) is 0 Å². The van der Waals surface area contributed by atoms with Gasteiger partial charge in [-0.3, -0.25) is 9.78 Å². The second-order valence-electron chi connectivity index (χ2n) is 8.92. The van der Waals surface area contributed by atoms with E-state index in [0.29, 0.717) is 13.2 Å². The van der Waals surface area contributed by atoms with Gasteiger partial charge in [-0.2, -0.15) is 0 Å². The highest BCUT2D eigenvalue weighted by molar-refractivity contribution is 5.40. The Bertz CT molecular complexity index is 726. The second kappa shape index (κ2) is 7.21. The topological polar surface area (TPSA) is 61.5 Å². The molecule has 3 heterocycles. The maximum absolute atomic E-state index is 12.7. The van der Waals surface area contributed by atoms with E-state index in [1.807, 2.05) is 0 Å². The molecule has 1 aromatic rings. The SMILES string of the molecule is O=c1[nH]c(N2CCOCC2)nc2c1CCC21CCN(C2CCCCC2)CC1. The van der Waals surface area contributed by atoms with Crippen molar-refractivity contribution < 1.29 is 4.74 Å². The molecule has 0 radical (unpaired) electrons. The van der Waals surface area contributed by atoms with Crippen LogP contribution in [0.3, 0.4) is 0 Å². The number of anilines is 1. The highest BCUT2D eigenvalue weighted by atomic mass is 16.5. The van der Waals surface area contributed by atoms with Crippen LogP contribution in [0, 0.1) is 0 Å². The van der Waals surface area contributed by atoms with E-state index < -0.39 is 0 Å². The predicted octanol–water partition coefficient (Wildman–Crippen LogP) is 2.22. The Balaban J connectivity index is 1.37. The Morgan fingerprint density at radius 3 is 2.48 bits per heavy atom. The standard InChI is InChI=1S/C21H32N4O2/c26-19-17-6-7-21(8-10-24(11-9-21)16-4-2-1-3-5-16)18(17)22-20(23-19)25-12-14-27-15-13-25/h16H,1-15H2,(H,22,23,26). The fraction of sp³-hybridized carbons (Fsp3) is 0.810. The minimum absolute atomic E-state index is 0.0908. The molecule has 0 unspecified atom stereocenters. The summed E-state index contributed by atoms with van der Waals surface area (Å²) in [6.07, 6.45) is 11.3. The molecular formula is C21H32N4O2. The normalized spacial score (nSPS) is 26.4. The van der Waals surface area contributed by atoms with Crippen molar-refractivity contribution in [2.75, 3.05) is 44.3 Å². The summed E-state index contributed by atoms with van der Waals surface area (Å²) in [5.74, 6) is 0.762. The zero-order valence-corrected chi connectivity index (χ0v) is 16.3. The van der Waals surface area contributed by atoms with Crippen LogP contribution in [0.25, 0.3) is 0 Å². The number of piperidine rings is 1. The molecule has 2 aliphatic carbocycles. The van der Waals surface area contributed by atoms with E-state index in [1.165, 1.54) is 45.2 Å². The molecule has 27 heavy (non-hydrogen) atoms. The van der Waals surface area contributed by atoms with Crippen molar-refractivity contribution in [3.63, 3.8) is 0 Å². The number of morpholine rings is 1. The number of rotatable bonds is 2. The van der Waals surface area contributed by atoms with Gasteiger partial charge in [0.15, 0.2) is 0 Å². The van der Waals surface area contributed by atoms with Gasteiger partial charge in [-0.05, 0) is 51.6 Å². The third kappa shape index (κ3) is 3.21. The first-order chi connectivity index (χ1) is 13.3. The molecular weight excluding hydrogens is 340 g/mol. The molecule has 2 saturated heterocycles. The van der Waals surface area contributed by atoms with Crippen LogP contribution in [0.5, 0.6) is 0 Å². The first-order valence-corrected chi connectivity index (χ1v) is 11.0. The summed E-state index contributed by atoms with van der Waals surface area (Å²) in [4.78, 5) is 25.8. The molecule has 1 saturated carbocycles. The second-order valence-corrected chi connectivity index (χ2v) is 8.92. The van der Waals surface area contributed by atoms with Crippen LogP contribution in [0.4, 0.5) is 5.95 Å². The molecule has 1 spiro atoms. The van der Waals surface area contributed by atoms with E-state index in [4.69, 9.17) is 9.72 Å². The maximum Gasteiger partial charge on any atom is 0.255 e. The van der Waals surface area contributed by atoms with E-state index in [1.54, 1.807) is 0 Å². The lowest BCUT2D eigenvalue weighted by Crippen LogP contribution is -2.47. The number of nitrogens with one attached hydrogen (secondary N) is 1. The van der Waals surface area contributed by atoms with Gasteiger partial charge in [0.05, 0.1) is 18.9 Å². The van der Waals surface area contributed by atoms with E-state index in [0.717, 1.165) is 62.0 Å². The van der Waals surface area contributed by atoms with E-state index in [2.05, 4.69) is 14.8 Å². The summed E-state index contributed by atoms with van der Waals surface area (Å²) in [5.41, 5.74) is 2.30. The molecule has 3 fully saturated rings. The largest absolute Gasteiger partial charge is 0.378 e. The van der Waals surface area contributed by atoms with Crippen molar-refractivity contribution in [2.45, 2.75) is 69.2 Å².